The topological polar surface area (TPSA) is 52.3 Å². The van der Waals surface area contributed by atoms with Crippen LogP contribution in [-0.2, 0) is 4.74 Å². The van der Waals surface area contributed by atoms with Crippen LogP contribution in [0.5, 0.6) is 0 Å². The summed E-state index contributed by atoms with van der Waals surface area (Å²) in [5.41, 5.74) is 6.87. The maximum absolute atomic E-state index is 11.4. The van der Waals surface area contributed by atoms with Crippen molar-refractivity contribution in [1.29, 1.82) is 0 Å². The summed E-state index contributed by atoms with van der Waals surface area (Å²) in [6.45, 7) is 0. The first-order chi connectivity index (χ1) is 8.11. The highest BCUT2D eigenvalue weighted by Crippen LogP contribution is 2.18. The van der Waals surface area contributed by atoms with Crippen molar-refractivity contribution < 1.29 is 9.53 Å². The molecule has 17 heavy (non-hydrogen) atoms. The van der Waals surface area contributed by atoms with Crippen molar-refractivity contribution in [3.8, 4) is 0 Å². The van der Waals surface area contributed by atoms with Gasteiger partial charge in [-0.1, -0.05) is 30.4 Å². The Morgan fingerprint density at radius 2 is 1.71 bits per heavy atom. The quantitative estimate of drug-likeness (QED) is 0.651. The molecule has 0 radical (unpaired) electrons. The molecule has 0 heterocycles. The summed E-state index contributed by atoms with van der Waals surface area (Å²) in [4.78, 5) is 11.7. The van der Waals surface area contributed by atoms with E-state index in [9.17, 15) is 4.79 Å². The number of carbonyl (C=O) groups excluding carboxylic acids is 1. The summed E-state index contributed by atoms with van der Waals surface area (Å²) in [5, 5.41) is 1.94. The first kappa shape index (κ1) is 11.5. The average molecular weight is 245 g/mol. The predicted octanol–water partition coefficient (Wildman–Crippen LogP) is 2.26. The van der Waals surface area contributed by atoms with Gasteiger partial charge in [-0.3, -0.25) is 0 Å². The summed E-state index contributed by atoms with van der Waals surface area (Å²) in [5.74, 6) is -0.354. The molecular weight excluding hydrogens is 234 g/mol. The highest BCUT2D eigenvalue weighted by Gasteiger charge is 2.06. The fourth-order valence-corrected chi connectivity index (χ4v) is 1.77. The van der Waals surface area contributed by atoms with Crippen molar-refractivity contribution >= 4 is 33.9 Å². The summed E-state index contributed by atoms with van der Waals surface area (Å²) >= 11 is 4.92. The first-order valence-electron chi connectivity index (χ1n) is 5.04. The van der Waals surface area contributed by atoms with Gasteiger partial charge in [0, 0.05) is 5.56 Å². The van der Waals surface area contributed by atoms with E-state index in [0.29, 0.717) is 10.6 Å². The lowest BCUT2D eigenvalue weighted by Crippen LogP contribution is -2.08. The van der Waals surface area contributed by atoms with Crippen LogP contribution in [0.4, 0.5) is 0 Å². The molecule has 0 saturated heterocycles. The molecule has 0 unspecified atom stereocenters. The zero-order valence-corrected chi connectivity index (χ0v) is 10.1. The van der Waals surface area contributed by atoms with E-state index < -0.39 is 0 Å². The zero-order valence-electron chi connectivity index (χ0n) is 9.27. The van der Waals surface area contributed by atoms with E-state index in [1.165, 1.54) is 7.11 Å². The molecule has 0 aromatic heterocycles. The van der Waals surface area contributed by atoms with Gasteiger partial charge in [-0.25, -0.2) is 4.79 Å². The molecule has 0 spiro atoms. The Bertz CT molecular complexity index is 607. The number of esters is 1. The van der Waals surface area contributed by atoms with Gasteiger partial charge < -0.3 is 10.5 Å². The van der Waals surface area contributed by atoms with Crippen molar-refractivity contribution in [2.75, 3.05) is 7.11 Å². The van der Waals surface area contributed by atoms with Crippen molar-refractivity contribution in [3.05, 3.63) is 47.5 Å². The molecule has 0 aliphatic rings. The number of benzene rings is 2. The number of hydrogen-bond donors (Lipinski definition) is 1. The van der Waals surface area contributed by atoms with E-state index in [1.807, 2.05) is 24.3 Å². The minimum Gasteiger partial charge on any atom is -0.465 e. The van der Waals surface area contributed by atoms with E-state index >= 15 is 0 Å². The van der Waals surface area contributed by atoms with Gasteiger partial charge in [-0.05, 0) is 29.0 Å². The molecular formula is C13H11NO2S. The zero-order chi connectivity index (χ0) is 12.4. The van der Waals surface area contributed by atoms with E-state index in [0.717, 1.165) is 16.3 Å². The molecule has 2 rings (SSSR count). The number of methoxy groups -OCH3 is 1. The lowest BCUT2D eigenvalue weighted by Gasteiger charge is -2.04. The molecule has 0 atom stereocenters. The predicted molar refractivity (Wildman–Crippen MR) is 71.2 cm³/mol. The Balaban J connectivity index is 2.58. The Morgan fingerprint density at radius 3 is 2.29 bits per heavy atom. The second kappa shape index (κ2) is 4.51. The molecule has 2 aromatic rings. The van der Waals surface area contributed by atoms with E-state index in [1.54, 1.807) is 12.1 Å². The van der Waals surface area contributed by atoms with Crippen LogP contribution in [0.15, 0.2) is 36.4 Å². The second-order valence-corrected chi connectivity index (χ2v) is 4.07. The second-order valence-electron chi connectivity index (χ2n) is 3.63. The normalized spacial score (nSPS) is 10.2. The van der Waals surface area contributed by atoms with Crippen molar-refractivity contribution in [1.82, 2.24) is 0 Å². The Labute approximate surface area is 104 Å². The molecule has 0 fully saturated rings. The maximum atomic E-state index is 11.4. The largest absolute Gasteiger partial charge is 0.465 e. The highest BCUT2D eigenvalue weighted by molar-refractivity contribution is 7.80. The summed E-state index contributed by atoms with van der Waals surface area (Å²) in [7, 11) is 1.36. The molecule has 0 saturated carbocycles. The standard InChI is InChI=1S/C13H11NO2S/c1-16-13(15)10-5-3-8-2-4-9(12(14)17)6-11(8)7-10/h2-7H,1H3,(H2,14,17). The molecule has 2 aromatic carbocycles. The monoisotopic (exact) mass is 245 g/mol. The molecule has 0 bridgehead atoms. The van der Waals surface area contributed by atoms with Crippen LogP contribution in [0.1, 0.15) is 15.9 Å². The maximum Gasteiger partial charge on any atom is 0.337 e. The van der Waals surface area contributed by atoms with Crippen molar-refractivity contribution in [3.63, 3.8) is 0 Å². The molecule has 4 heteroatoms. The van der Waals surface area contributed by atoms with Crippen LogP contribution in [0.3, 0.4) is 0 Å². The third-order valence-electron chi connectivity index (χ3n) is 2.55. The number of carbonyl (C=O) groups is 1. The van der Waals surface area contributed by atoms with Crippen LogP contribution >= 0.6 is 12.2 Å². The summed E-state index contributed by atoms with van der Waals surface area (Å²) in [6, 6.07) is 11.0. The molecule has 0 amide bonds. The van der Waals surface area contributed by atoms with Gasteiger partial charge in [0.2, 0.25) is 0 Å². The van der Waals surface area contributed by atoms with Gasteiger partial charge in [0.25, 0.3) is 0 Å². The fraction of sp³-hybridized carbons (Fsp3) is 0.0769. The van der Waals surface area contributed by atoms with Crippen LogP contribution < -0.4 is 5.73 Å². The number of fused-ring (bicyclic) bond motifs is 1. The van der Waals surface area contributed by atoms with Crippen molar-refractivity contribution in [2.45, 2.75) is 0 Å². The number of thiocarbonyl (C=S) groups is 1. The smallest absolute Gasteiger partial charge is 0.337 e. The lowest BCUT2D eigenvalue weighted by atomic mass is 10.0. The van der Waals surface area contributed by atoms with E-state index in [-0.39, 0.29) is 5.97 Å². The van der Waals surface area contributed by atoms with Crippen LogP contribution in [0.2, 0.25) is 0 Å². The average Bonchev–Trinajstić information content (AvgIpc) is 2.36. The first-order valence-corrected chi connectivity index (χ1v) is 5.44. The van der Waals surface area contributed by atoms with Gasteiger partial charge in [0.1, 0.15) is 4.99 Å². The van der Waals surface area contributed by atoms with Gasteiger partial charge in [-0.2, -0.15) is 0 Å². The van der Waals surface area contributed by atoms with Crippen LogP contribution in [0, 0.1) is 0 Å². The highest BCUT2D eigenvalue weighted by atomic mass is 32.1. The van der Waals surface area contributed by atoms with E-state index in [2.05, 4.69) is 4.74 Å². The fourth-order valence-electron chi connectivity index (χ4n) is 1.64. The molecule has 0 aliphatic heterocycles. The minimum atomic E-state index is -0.354. The Hall–Kier alpha value is -1.94. The van der Waals surface area contributed by atoms with Gasteiger partial charge in [0.15, 0.2) is 0 Å². The van der Waals surface area contributed by atoms with E-state index in [4.69, 9.17) is 18.0 Å². The van der Waals surface area contributed by atoms with Gasteiger partial charge in [-0.15, -0.1) is 0 Å². The van der Waals surface area contributed by atoms with Crippen molar-refractivity contribution in [2.24, 2.45) is 5.73 Å². The minimum absolute atomic E-state index is 0.343. The number of ether oxygens (including phenoxy) is 1. The van der Waals surface area contributed by atoms with Gasteiger partial charge >= 0.3 is 5.97 Å². The Kier molecular flexibility index (Phi) is 3.06. The number of rotatable bonds is 2. The number of nitrogens with two attached hydrogens (primary N) is 1. The summed E-state index contributed by atoms with van der Waals surface area (Å²) < 4.78 is 4.67. The molecule has 0 aliphatic carbocycles. The van der Waals surface area contributed by atoms with Crippen LogP contribution in [-0.4, -0.2) is 18.1 Å². The molecule has 2 N–H and O–H groups in total. The SMILES string of the molecule is COC(=O)c1ccc2ccc(C(N)=S)cc2c1. The molecule has 3 nitrogen and oxygen atoms in total. The third kappa shape index (κ3) is 2.26. The number of hydrogen-bond acceptors (Lipinski definition) is 3. The third-order valence-corrected chi connectivity index (χ3v) is 2.78. The van der Waals surface area contributed by atoms with Crippen LogP contribution in [0.25, 0.3) is 10.8 Å². The Morgan fingerprint density at radius 1 is 1.12 bits per heavy atom. The lowest BCUT2D eigenvalue weighted by molar-refractivity contribution is 0.0601. The van der Waals surface area contributed by atoms with Gasteiger partial charge in [0.05, 0.1) is 12.7 Å². The molecule has 86 valence electrons. The summed E-state index contributed by atoms with van der Waals surface area (Å²) in [6.07, 6.45) is 0.